The number of phenolic OH excluding ortho intramolecular Hbond substituents is 1. The van der Waals surface area contributed by atoms with E-state index in [1.165, 1.54) is 0 Å². The van der Waals surface area contributed by atoms with Crippen LogP contribution < -0.4 is 5.22 Å². The summed E-state index contributed by atoms with van der Waals surface area (Å²) < 4.78 is 0. The van der Waals surface area contributed by atoms with Crippen LogP contribution in [0.5, 0.6) is 5.75 Å². The Hall–Kier alpha value is -2.02. The van der Waals surface area contributed by atoms with Crippen molar-refractivity contribution in [2.24, 2.45) is 0 Å². The number of benzene rings is 3. The molecule has 0 saturated heterocycles. The highest BCUT2D eigenvalue weighted by Gasteiger charge is 2.05. The molecule has 0 bridgehead atoms. The summed E-state index contributed by atoms with van der Waals surface area (Å²) in [6.45, 7) is 4.00. The fourth-order valence-corrected chi connectivity index (χ4v) is 2.11. The van der Waals surface area contributed by atoms with E-state index in [0.717, 1.165) is 26.8 Å². The van der Waals surface area contributed by atoms with Crippen molar-refractivity contribution in [3.63, 3.8) is 0 Å². The van der Waals surface area contributed by atoms with E-state index in [1.807, 2.05) is 36.4 Å². The molecule has 3 aromatic rings. The zero-order valence-electron chi connectivity index (χ0n) is 8.20. The smallest absolute Gasteiger partial charge is 0.123 e. The maximum absolute atomic E-state index is 9.77. The summed E-state index contributed by atoms with van der Waals surface area (Å²) in [4.78, 5) is 0. The van der Waals surface area contributed by atoms with Crippen molar-refractivity contribution in [2.45, 2.75) is 0 Å². The zero-order valence-corrected chi connectivity index (χ0v) is 8.20. The van der Waals surface area contributed by atoms with E-state index in [4.69, 9.17) is 0 Å². The van der Waals surface area contributed by atoms with Gasteiger partial charge in [-0.25, -0.2) is 0 Å². The van der Waals surface area contributed by atoms with Gasteiger partial charge in [-0.3, -0.25) is 0 Å². The molecule has 0 radical (unpaired) electrons. The van der Waals surface area contributed by atoms with Crippen LogP contribution in [0.15, 0.2) is 42.5 Å². The van der Waals surface area contributed by atoms with E-state index in [-0.39, 0.29) is 0 Å². The summed E-state index contributed by atoms with van der Waals surface area (Å²) in [6, 6.07) is 13.6. The molecular weight excluding hydrogens is 184 g/mol. The van der Waals surface area contributed by atoms with Gasteiger partial charge in [-0.1, -0.05) is 43.0 Å². The Morgan fingerprint density at radius 2 is 1.73 bits per heavy atom. The minimum absolute atomic E-state index is 0.332. The van der Waals surface area contributed by atoms with E-state index >= 15 is 0 Å². The normalized spacial score (nSPS) is 11.2. The molecule has 0 fully saturated rings. The van der Waals surface area contributed by atoms with Crippen molar-refractivity contribution in [1.29, 1.82) is 0 Å². The van der Waals surface area contributed by atoms with Crippen LogP contribution >= 0.6 is 0 Å². The fraction of sp³-hybridized carbons (Fsp3) is 0. The van der Waals surface area contributed by atoms with Crippen LogP contribution in [-0.2, 0) is 0 Å². The van der Waals surface area contributed by atoms with Crippen molar-refractivity contribution in [2.75, 3.05) is 0 Å². The molecule has 3 aromatic carbocycles. The minimum atomic E-state index is 0.332. The summed E-state index contributed by atoms with van der Waals surface area (Å²) in [5, 5.41) is 15.0. The quantitative estimate of drug-likeness (QED) is 0.583. The van der Waals surface area contributed by atoms with Gasteiger partial charge in [0.25, 0.3) is 0 Å². The molecule has 0 spiro atoms. The Morgan fingerprint density at radius 3 is 2.60 bits per heavy atom. The maximum Gasteiger partial charge on any atom is 0.123 e. The third-order valence-electron chi connectivity index (χ3n) is 2.86. The molecule has 3 rings (SSSR count). The van der Waals surface area contributed by atoms with Crippen molar-refractivity contribution < 1.29 is 5.11 Å². The third kappa shape index (κ3) is 1.03. The second-order valence-electron chi connectivity index (χ2n) is 3.76. The lowest BCUT2D eigenvalue weighted by molar-refractivity contribution is 0.482. The maximum atomic E-state index is 9.77. The molecule has 0 aliphatic carbocycles. The highest BCUT2D eigenvalue weighted by molar-refractivity contribution is 6.12. The number of hydrogen-bond donors (Lipinski definition) is 1. The van der Waals surface area contributed by atoms with Gasteiger partial charge in [0, 0.05) is 10.8 Å². The molecule has 0 saturated carbocycles. The lowest BCUT2D eigenvalue weighted by Crippen LogP contribution is -1.98. The van der Waals surface area contributed by atoms with Crippen molar-refractivity contribution in [1.82, 2.24) is 0 Å². The van der Waals surface area contributed by atoms with E-state index in [2.05, 4.69) is 6.58 Å². The summed E-state index contributed by atoms with van der Waals surface area (Å²) in [5.74, 6) is 0.332. The second-order valence-corrected chi connectivity index (χ2v) is 3.76. The average molecular weight is 194 g/mol. The van der Waals surface area contributed by atoms with E-state index in [1.54, 1.807) is 6.07 Å². The standard InChI is InChI=1S/C14H10O/c1-9-5-7-12-13(15)8-6-10-3-2-4-11(9)14(10)12/h2-8,15H,1H2. The Kier molecular flexibility index (Phi) is 1.51. The first-order valence-corrected chi connectivity index (χ1v) is 4.89. The molecule has 72 valence electrons. The molecule has 0 amide bonds. The van der Waals surface area contributed by atoms with Gasteiger partial charge >= 0.3 is 0 Å². The Morgan fingerprint density at radius 1 is 0.867 bits per heavy atom. The molecule has 1 nitrogen and oxygen atoms in total. The van der Waals surface area contributed by atoms with Crippen molar-refractivity contribution >= 4 is 28.1 Å². The summed E-state index contributed by atoms with van der Waals surface area (Å²) in [5.41, 5.74) is 0. The number of phenols is 1. The predicted molar refractivity (Wildman–Crippen MR) is 63.9 cm³/mol. The van der Waals surface area contributed by atoms with E-state index in [9.17, 15) is 5.11 Å². The van der Waals surface area contributed by atoms with Crippen LogP contribution in [0.4, 0.5) is 0 Å². The van der Waals surface area contributed by atoms with Gasteiger partial charge in [0.2, 0.25) is 0 Å². The summed E-state index contributed by atoms with van der Waals surface area (Å²) >= 11 is 0. The van der Waals surface area contributed by atoms with Crippen LogP contribution in [0.2, 0.25) is 0 Å². The lowest BCUT2D eigenvalue weighted by Gasteiger charge is -2.06. The van der Waals surface area contributed by atoms with Crippen LogP contribution in [0.1, 0.15) is 0 Å². The highest BCUT2D eigenvalue weighted by Crippen LogP contribution is 2.30. The Labute approximate surface area is 87.3 Å². The van der Waals surface area contributed by atoms with E-state index < -0.39 is 0 Å². The van der Waals surface area contributed by atoms with Gasteiger partial charge in [-0.2, -0.15) is 0 Å². The first-order chi connectivity index (χ1) is 7.27. The van der Waals surface area contributed by atoms with Gasteiger partial charge in [0.1, 0.15) is 5.75 Å². The molecule has 0 aliphatic rings. The summed E-state index contributed by atoms with van der Waals surface area (Å²) in [6.07, 6.45) is 0. The predicted octanol–water partition coefficient (Wildman–Crippen LogP) is 2.83. The summed E-state index contributed by atoms with van der Waals surface area (Å²) in [7, 11) is 0. The molecule has 0 unspecified atom stereocenters. The SMILES string of the molecule is C=c1ccc2c(O)ccc3cccc1c32. The van der Waals surface area contributed by atoms with Crippen LogP contribution in [-0.4, -0.2) is 5.11 Å². The molecule has 1 heteroatoms. The van der Waals surface area contributed by atoms with Gasteiger partial charge in [-0.05, 0) is 22.1 Å². The largest absolute Gasteiger partial charge is 0.507 e. The van der Waals surface area contributed by atoms with Gasteiger partial charge in [-0.15, -0.1) is 0 Å². The third-order valence-corrected chi connectivity index (χ3v) is 2.86. The second kappa shape index (κ2) is 2.74. The molecule has 0 aromatic heterocycles. The first-order valence-electron chi connectivity index (χ1n) is 4.89. The van der Waals surface area contributed by atoms with Crippen LogP contribution in [0.3, 0.4) is 0 Å². The molecular formula is C14H10O. The van der Waals surface area contributed by atoms with Crippen LogP contribution in [0, 0.1) is 0 Å². The Bertz CT molecular complexity index is 698. The van der Waals surface area contributed by atoms with E-state index in [0.29, 0.717) is 5.75 Å². The first kappa shape index (κ1) is 8.30. The van der Waals surface area contributed by atoms with Gasteiger partial charge < -0.3 is 5.11 Å². The lowest BCUT2D eigenvalue weighted by atomic mass is 9.99. The van der Waals surface area contributed by atoms with Gasteiger partial charge in [0.15, 0.2) is 0 Å². The minimum Gasteiger partial charge on any atom is -0.507 e. The number of rotatable bonds is 0. The average Bonchev–Trinajstić information content (AvgIpc) is 2.26. The molecule has 0 heterocycles. The highest BCUT2D eigenvalue weighted by atomic mass is 16.3. The van der Waals surface area contributed by atoms with Crippen molar-refractivity contribution in [3.8, 4) is 5.75 Å². The number of aromatic hydroxyl groups is 1. The molecule has 0 aliphatic heterocycles. The monoisotopic (exact) mass is 194 g/mol. The molecule has 1 N–H and O–H groups in total. The number of hydrogen-bond acceptors (Lipinski definition) is 1. The fourth-order valence-electron chi connectivity index (χ4n) is 2.11. The topological polar surface area (TPSA) is 20.2 Å². The zero-order chi connectivity index (χ0) is 10.4. The molecule has 0 atom stereocenters. The Balaban J connectivity index is 2.77. The van der Waals surface area contributed by atoms with Crippen molar-refractivity contribution in [3.05, 3.63) is 47.7 Å². The van der Waals surface area contributed by atoms with Gasteiger partial charge in [0.05, 0.1) is 0 Å². The van der Waals surface area contributed by atoms with Crippen LogP contribution in [0.25, 0.3) is 28.1 Å². The molecule has 15 heavy (non-hydrogen) atoms.